The van der Waals surface area contributed by atoms with E-state index >= 15 is 0 Å². The Morgan fingerprint density at radius 3 is 2.59 bits per heavy atom. The van der Waals surface area contributed by atoms with Crippen molar-refractivity contribution in [2.45, 2.75) is 20.4 Å². The highest BCUT2D eigenvalue weighted by Crippen LogP contribution is 2.18. The van der Waals surface area contributed by atoms with Gasteiger partial charge in [-0.1, -0.05) is 40.2 Å². The topological polar surface area (TPSA) is 12.0 Å². The minimum absolute atomic E-state index is 0.859. The largest absolute Gasteiger partial charge is 0.381 e. The number of hydrogen-bond acceptors (Lipinski definition) is 1. The molecule has 1 nitrogen and oxygen atoms in total. The molecule has 0 radical (unpaired) electrons. The smallest absolute Gasteiger partial charge is 0.0400 e. The second-order valence-electron chi connectivity index (χ2n) is 4.31. The van der Waals surface area contributed by atoms with Gasteiger partial charge in [0.05, 0.1) is 0 Å². The molecular formula is C15H16BrN. The van der Waals surface area contributed by atoms with Gasteiger partial charge in [-0.05, 0) is 48.7 Å². The zero-order valence-corrected chi connectivity index (χ0v) is 11.7. The first-order valence-corrected chi connectivity index (χ1v) is 6.50. The standard InChI is InChI=1S/C15H16BrN/c1-11-4-3-5-14(8-11)17-10-13-6-7-15(16)12(2)9-13/h3-9,17H,10H2,1-2H3. The fourth-order valence-electron chi connectivity index (χ4n) is 1.78. The van der Waals surface area contributed by atoms with E-state index in [1.807, 2.05) is 0 Å². The molecule has 2 aromatic rings. The van der Waals surface area contributed by atoms with Gasteiger partial charge in [0.2, 0.25) is 0 Å². The molecular weight excluding hydrogens is 274 g/mol. The number of benzene rings is 2. The predicted molar refractivity (Wildman–Crippen MR) is 77.4 cm³/mol. The highest BCUT2D eigenvalue weighted by Gasteiger charge is 1.98. The van der Waals surface area contributed by atoms with Crippen molar-refractivity contribution < 1.29 is 0 Å². The summed E-state index contributed by atoms with van der Waals surface area (Å²) < 4.78 is 1.16. The van der Waals surface area contributed by atoms with Crippen molar-refractivity contribution in [3.8, 4) is 0 Å². The van der Waals surface area contributed by atoms with Gasteiger partial charge in [0, 0.05) is 16.7 Å². The molecule has 1 N–H and O–H groups in total. The van der Waals surface area contributed by atoms with Crippen molar-refractivity contribution in [3.63, 3.8) is 0 Å². The van der Waals surface area contributed by atoms with E-state index in [1.165, 1.54) is 22.4 Å². The van der Waals surface area contributed by atoms with E-state index in [0.29, 0.717) is 0 Å². The summed E-state index contributed by atoms with van der Waals surface area (Å²) in [6.07, 6.45) is 0. The quantitative estimate of drug-likeness (QED) is 0.865. The highest BCUT2D eigenvalue weighted by molar-refractivity contribution is 9.10. The Bertz CT molecular complexity index is 520. The third-order valence-corrected chi connectivity index (χ3v) is 3.63. The Balaban J connectivity index is 2.05. The highest BCUT2D eigenvalue weighted by atomic mass is 79.9. The van der Waals surface area contributed by atoms with E-state index in [1.54, 1.807) is 0 Å². The summed E-state index contributed by atoms with van der Waals surface area (Å²) in [6, 6.07) is 14.9. The summed E-state index contributed by atoms with van der Waals surface area (Å²) in [4.78, 5) is 0. The van der Waals surface area contributed by atoms with Crippen LogP contribution in [0.4, 0.5) is 5.69 Å². The predicted octanol–water partition coefficient (Wildman–Crippen LogP) is 4.68. The third-order valence-electron chi connectivity index (χ3n) is 2.74. The maximum Gasteiger partial charge on any atom is 0.0400 e. The van der Waals surface area contributed by atoms with Crippen LogP contribution in [0.3, 0.4) is 0 Å². The number of anilines is 1. The minimum atomic E-state index is 0.859. The first-order chi connectivity index (χ1) is 8.15. The SMILES string of the molecule is Cc1cccc(NCc2ccc(Br)c(C)c2)c1. The zero-order chi connectivity index (χ0) is 12.3. The molecule has 2 aromatic carbocycles. The van der Waals surface area contributed by atoms with Crippen LogP contribution in [0.5, 0.6) is 0 Å². The van der Waals surface area contributed by atoms with Gasteiger partial charge in [-0.2, -0.15) is 0 Å². The number of nitrogens with one attached hydrogen (secondary N) is 1. The second kappa shape index (κ2) is 5.37. The zero-order valence-electron chi connectivity index (χ0n) is 10.1. The molecule has 0 saturated carbocycles. The van der Waals surface area contributed by atoms with Crippen LogP contribution in [0.25, 0.3) is 0 Å². The van der Waals surface area contributed by atoms with Crippen molar-refractivity contribution in [1.82, 2.24) is 0 Å². The van der Waals surface area contributed by atoms with Crippen LogP contribution in [-0.4, -0.2) is 0 Å². The van der Waals surface area contributed by atoms with Crippen LogP contribution in [-0.2, 0) is 6.54 Å². The molecule has 0 bridgehead atoms. The van der Waals surface area contributed by atoms with Gasteiger partial charge in [-0.25, -0.2) is 0 Å². The normalized spacial score (nSPS) is 10.3. The molecule has 0 aliphatic heterocycles. The fraction of sp³-hybridized carbons (Fsp3) is 0.200. The van der Waals surface area contributed by atoms with E-state index in [2.05, 4.69) is 77.6 Å². The number of rotatable bonds is 3. The molecule has 0 fully saturated rings. The molecule has 2 rings (SSSR count). The average molecular weight is 290 g/mol. The summed E-state index contributed by atoms with van der Waals surface area (Å²) in [5, 5.41) is 3.43. The van der Waals surface area contributed by atoms with E-state index in [-0.39, 0.29) is 0 Å². The molecule has 0 atom stereocenters. The lowest BCUT2D eigenvalue weighted by atomic mass is 10.1. The van der Waals surface area contributed by atoms with Gasteiger partial charge in [0.15, 0.2) is 0 Å². The maximum atomic E-state index is 3.51. The molecule has 2 heteroatoms. The summed E-state index contributed by atoms with van der Waals surface area (Å²) in [5.74, 6) is 0. The minimum Gasteiger partial charge on any atom is -0.381 e. The van der Waals surface area contributed by atoms with Crippen LogP contribution in [0, 0.1) is 13.8 Å². The lowest BCUT2D eigenvalue weighted by molar-refractivity contribution is 1.14. The first kappa shape index (κ1) is 12.2. The maximum absolute atomic E-state index is 3.51. The van der Waals surface area contributed by atoms with Gasteiger partial charge in [-0.15, -0.1) is 0 Å². The van der Waals surface area contributed by atoms with Crippen LogP contribution in [0.1, 0.15) is 16.7 Å². The molecule has 0 amide bonds. The Labute approximate surface area is 111 Å². The van der Waals surface area contributed by atoms with Gasteiger partial charge in [-0.3, -0.25) is 0 Å². The molecule has 0 aliphatic rings. The van der Waals surface area contributed by atoms with Gasteiger partial charge in [0.1, 0.15) is 0 Å². The second-order valence-corrected chi connectivity index (χ2v) is 5.16. The van der Waals surface area contributed by atoms with E-state index in [4.69, 9.17) is 0 Å². The molecule has 17 heavy (non-hydrogen) atoms. The summed E-state index contributed by atoms with van der Waals surface area (Å²) >= 11 is 3.51. The van der Waals surface area contributed by atoms with Crippen molar-refractivity contribution >= 4 is 21.6 Å². The number of halogens is 1. The van der Waals surface area contributed by atoms with Crippen molar-refractivity contribution in [3.05, 3.63) is 63.6 Å². The van der Waals surface area contributed by atoms with Gasteiger partial charge >= 0.3 is 0 Å². The third kappa shape index (κ3) is 3.34. The Morgan fingerprint density at radius 2 is 1.88 bits per heavy atom. The molecule has 88 valence electrons. The average Bonchev–Trinajstić information content (AvgIpc) is 2.31. The van der Waals surface area contributed by atoms with E-state index in [0.717, 1.165) is 11.0 Å². The molecule has 0 unspecified atom stereocenters. The molecule has 0 saturated heterocycles. The Kier molecular flexibility index (Phi) is 3.85. The van der Waals surface area contributed by atoms with Crippen LogP contribution >= 0.6 is 15.9 Å². The first-order valence-electron chi connectivity index (χ1n) is 5.71. The van der Waals surface area contributed by atoms with Crippen molar-refractivity contribution in [2.75, 3.05) is 5.32 Å². The number of aryl methyl sites for hydroxylation is 2. The lowest BCUT2D eigenvalue weighted by Gasteiger charge is -2.08. The lowest BCUT2D eigenvalue weighted by Crippen LogP contribution is -1.99. The van der Waals surface area contributed by atoms with Crippen LogP contribution in [0.2, 0.25) is 0 Å². The molecule has 0 aliphatic carbocycles. The van der Waals surface area contributed by atoms with Gasteiger partial charge < -0.3 is 5.32 Å². The Hall–Kier alpha value is -1.28. The van der Waals surface area contributed by atoms with Crippen LogP contribution < -0.4 is 5.32 Å². The van der Waals surface area contributed by atoms with E-state index < -0.39 is 0 Å². The molecule has 0 aromatic heterocycles. The Morgan fingerprint density at radius 1 is 1.06 bits per heavy atom. The van der Waals surface area contributed by atoms with Crippen LogP contribution in [0.15, 0.2) is 46.9 Å². The van der Waals surface area contributed by atoms with E-state index in [9.17, 15) is 0 Å². The summed E-state index contributed by atoms with van der Waals surface area (Å²) in [7, 11) is 0. The summed E-state index contributed by atoms with van der Waals surface area (Å²) in [5.41, 5.74) is 5.02. The monoisotopic (exact) mass is 289 g/mol. The van der Waals surface area contributed by atoms with Crippen molar-refractivity contribution in [2.24, 2.45) is 0 Å². The number of hydrogen-bond donors (Lipinski definition) is 1. The van der Waals surface area contributed by atoms with Gasteiger partial charge in [0.25, 0.3) is 0 Å². The van der Waals surface area contributed by atoms with Crippen molar-refractivity contribution in [1.29, 1.82) is 0 Å². The summed E-state index contributed by atoms with van der Waals surface area (Å²) in [6.45, 7) is 5.08. The fourth-order valence-corrected chi connectivity index (χ4v) is 2.02. The molecule has 0 spiro atoms. The molecule has 0 heterocycles.